The van der Waals surface area contributed by atoms with Crippen molar-refractivity contribution in [3.05, 3.63) is 36.9 Å². The molecule has 1 fully saturated rings. The molecule has 21 heavy (non-hydrogen) atoms. The van der Waals surface area contributed by atoms with Crippen LogP contribution in [0.3, 0.4) is 0 Å². The van der Waals surface area contributed by atoms with Crippen LogP contribution in [0.4, 0.5) is 4.79 Å². The van der Waals surface area contributed by atoms with E-state index in [9.17, 15) is 4.79 Å². The molecule has 7 heteroatoms. The van der Waals surface area contributed by atoms with Crippen LogP contribution in [0.2, 0.25) is 0 Å². The fourth-order valence-electron chi connectivity index (χ4n) is 2.38. The first kappa shape index (κ1) is 13.9. The molecule has 0 atom stereocenters. The number of carboxylic acid groups (broad SMARTS) is 1. The van der Waals surface area contributed by atoms with Crippen LogP contribution < -0.4 is 0 Å². The summed E-state index contributed by atoms with van der Waals surface area (Å²) in [4.78, 5) is 20.9. The molecule has 1 N–H and O–H groups in total. The summed E-state index contributed by atoms with van der Waals surface area (Å²) in [6.07, 6.45) is 8.14. The monoisotopic (exact) mass is 304 g/mol. The lowest BCUT2D eigenvalue weighted by Gasteiger charge is -2.29. The molecule has 0 saturated carbocycles. The molecule has 3 rings (SSSR count). The van der Waals surface area contributed by atoms with Gasteiger partial charge in [-0.25, -0.2) is 9.78 Å². The van der Waals surface area contributed by atoms with E-state index in [1.165, 1.54) is 4.90 Å². The molecular weight excluding hydrogens is 288 g/mol. The largest absolute Gasteiger partial charge is 0.465 e. The van der Waals surface area contributed by atoms with Gasteiger partial charge in [-0.05, 0) is 25.0 Å². The first-order valence-corrected chi connectivity index (χ1v) is 7.70. The van der Waals surface area contributed by atoms with Gasteiger partial charge in [0.05, 0.1) is 11.9 Å². The minimum Gasteiger partial charge on any atom is -0.465 e. The molecule has 0 radical (unpaired) electrons. The van der Waals surface area contributed by atoms with Crippen LogP contribution in [0.15, 0.2) is 42.1 Å². The molecule has 0 aliphatic carbocycles. The van der Waals surface area contributed by atoms with Crippen molar-refractivity contribution in [1.82, 2.24) is 19.4 Å². The highest BCUT2D eigenvalue weighted by molar-refractivity contribution is 7.99. The van der Waals surface area contributed by atoms with Gasteiger partial charge in [-0.3, -0.25) is 9.55 Å². The van der Waals surface area contributed by atoms with E-state index in [0.29, 0.717) is 18.3 Å². The van der Waals surface area contributed by atoms with Gasteiger partial charge in [0.25, 0.3) is 0 Å². The van der Waals surface area contributed by atoms with Crippen molar-refractivity contribution in [1.29, 1.82) is 0 Å². The van der Waals surface area contributed by atoms with Crippen molar-refractivity contribution < 1.29 is 9.90 Å². The van der Waals surface area contributed by atoms with E-state index in [4.69, 9.17) is 5.11 Å². The molecule has 0 bridgehead atoms. The Morgan fingerprint density at radius 2 is 2.14 bits per heavy atom. The van der Waals surface area contributed by atoms with Crippen molar-refractivity contribution in [3.63, 3.8) is 0 Å². The Morgan fingerprint density at radius 3 is 2.81 bits per heavy atom. The van der Waals surface area contributed by atoms with E-state index in [1.54, 1.807) is 30.4 Å². The van der Waals surface area contributed by atoms with Crippen LogP contribution in [-0.2, 0) is 0 Å². The van der Waals surface area contributed by atoms with Gasteiger partial charge < -0.3 is 10.0 Å². The first-order chi connectivity index (χ1) is 10.2. The third-order valence-electron chi connectivity index (χ3n) is 3.52. The summed E-state index contributed by atoms with van der Waals surface area (Å²) in [7, 11) is 0. The van der Waals surface area contributed by atoms with E-state index in [2.05, 4.69) is 9.97 Å². The molecule has 1 aliphatic heterocycles. The second kappa shape index (κ2) is 6.17. The maximum atomic E-state index is 10.9. The van der Waals surface area contributed by atoms with Gasteiger partial charge in [0.1, 0.15) is 0 Å². The molecule has 2 aromatic rings. The molecule has 1 aliphatic rings. The summed E-state index contributed by atoms with van der Waals surface area (Å²) in [6.45, 7) is 1.20. The normalized spacial score (nSPS) is 16.1. The zero-order valence-corrected chi connectivity index (χ0v) is 12.2. The maximum Gasteiger partial charge on any atom is 0.407 e. The van der Waals surface area contributed by atoms with E-state index >= 15 is 0 Å². The molecule has 0 unspecified atom stereocenters. The standard InChI is InChI=1S/C14H16N4O2S/c19-14(20)17-7-3-12(4-8-17)21-13-16-6-9-18(13)11-2-1-5-15-10-11/h1-2,5-6,9-10,12H,3-4,7-8H2,(H,19,20). The molecule has 0 spiro atoms. The predicted molar refractivity (Wildman–Crippen MR) is 79.8 cm³/mol. The predicted octanol–water partition coefficient (Wildman–Crippen LogP) is 2.50. The van der Waals surface area contributed by atoms with Gasteiger partial charge in [0.15, 0.2) is 5.16 Å². The summed E-state index contributed by atoms with van der Waals surface area (Å²) in [5.41, 5.74) is 0.987. The van der Waals surface area contributed by atoms with Crippen molar-refractivity contribution in [2.45, 2.75) is 23.2 Å². The number of nitrogens with zero attached hydrogens (tertiary/aromatic N) is 4. The number of pyridine rings is 1. The lowest BCUT2D eigenvalue weighted by atomic mass is 10.1. The number of hydrogen-bond donors (Lipinski definition) is 1. The fourth-order valence-corrected chi connectivity index (χ4v) is 3.53. The number of imidazole rings is 1. The Labute approximate surface area is 126 Å². The number of amides is 1. The van der Waals surface area contributed by atoms with Gasteiger partial charge in [-0.1, -0.05) is 11.8 Å². The summed E-state index contributed by atoms with van der Waals surface area (Å²) in [6, 6.07) is 3.89. The van der Waals surface area contributed by atoms with Crippen LogP contribution in [0, 0.1) is 0 Å². The molecule has 1 amide bonds. The van der Waals surface area contributed by atoms with Crippen molar-refractivity contribution in [3.8, 4) is 5.69 Å². The Bertz CT molecular complexity index is 608. The van der Waals surface area contributed by atoms with Crippen LogP contribution in [0.1, 0.15) is 12.8 Å². The molecular formula is C14H16N4O2S. The summed E-state index contributed by atoms with van der Waals surface area (Å²) in [5, 5.41) is 10.3. The Kier molecular flexibility index (Phi) is 4.10. The number of rotatable bonds is 3. The number of likely N-dealkylation sites (tertiary alicyclic amines) is 1. The number of carbonyl (C=O) groups is 1. The number of thioether (sulfide) groups is 1. The molecule has 3 heterocycles. The van der Waals surface area contributed by atoms with Gasteiger partial charge >= 0.3 is 6.09 Å². The Morgan fingerprint density at radius 1 is 1.33 bits per heavy atom. The van der Waals surface area contributed by atoms with Crippen molar-refractivity contribution in [2.24, 2.45) is 0 Å². The smallest absolute Gasteiger partial charge is 0.407 e. The van der Waals surface area contributed by atoms with Crippen molar-refractivity contribution in [2.75, 3.05) is 13.1 Å². The van der Waals surface area contributed by atoms with Crippen LogP contribution in [0.25, 0.3) is 5.69 Å². The zero-order valence-electron chi connectivity index (χ0n) is 11.4. The minimum atomic E-state index is -0.824. The molecule has 110 valence electrons. The number of aromatic nitrogens is 3. The van der Waals surface area contributed by atoms with Crippen molar-refractivity contribution >= 4 is 17.9 Å². The van der Waals surface area contributed by atoms with E-state index in [-0.39, 0.29) is 0 Å². The number of piperidine rings is 1. The molecule has 0 aromatic carbocycles. The average molecular weight is 304 g/mol. The second-order valence-electron chi connectivity index (χ2n) is 4.88. The highest BCUT2D eigenvalue weighted by Crippen LogP contribution is 2.30. The van der Waals surface area contributed by atoms with Gasteiger partial charge in [0.2, 0.25) is 0 Å². The summed E-state index contributed by atoms with van der Waals surface area (Å²) in [5.74, 6) is 0. The molecule has 6 nitrogen and oxygen atoms in total. The first-order valence-electron chi connectivity index (χ1n) is 6.82. The van der Waals surface area contributed by atoms with Crippen LogP contribution in [0.5, 0.6) is 0 Å². The van der Waals surface area contributed by atoms with Crippen LogP contribution in [-0.4, -0.2) is 49.0 Å². The van der Waals surface area contributed by atoms with E-state index < -0.39 is 6.09 Å². The van der Waals surface area contributed by atoms with E-state index in [1.807, 2.05) is 22.9 Å². The third kappa shape index (κ3) is 3.18. The topological polar surface area (TPSA) is 71.2 Å². The SMILES string of the molecule is O=C(O)N1CCC(Sc2nccn2-c2cccnc2)CC1. The third-order valence-corrected chi connectivity index (χ3v) is 4.83. The summed E-state index contributed by atoms with van der Waals surface area (Å²) >= 11 is 1.71. The van der Waals surface area contributed by atoms with Gasteiger partial charge in [-0.15, -0.1) is 0 Å². The summed E-state index contributed by atoms with van der Waals surface area (Å²) < 4.78 is 2.02. The Balaban J connectivity index is 1.67. The van der Waals surface area contributed by atoms with Gasteiger partial charge in [0, 0.05) is 36.9 Å². The quantitative estimate of drug-likeness (QED) is 0.943. The number of hydrogen-bond acceptors (Lipinski definition) is 4. The highest BCUT2D eigenvalue weighted by atomic mass is 32.2. The average Bonchev–Trinajstić information content (AvgIpc) is 2.97. The van der Waals surface area contributed by atoms with Gasteiger partial charge in [-0.2, -0.15) is 0 Å². The molecule has 2 aromatic heterocycles. The van der Waals surface area contributed by atoms with Crippen LogP contribution >= 0.6 is 11.8 Å². The molecule has 1 saturated heterocycles. The second-order valence-corrected chi connectivity index (χ2v) is 6.15. The lowest BCUT2D eigenvalue weighted by molar-refractivity contribution is 0.136. The fraction of sp³-hybridized carbons (Fsp3) is 0.357. The zero-order chi connectivity index (χ0) is 14.7. The Hall–Kier alpha value is -2.02. The lowest BCUT2D eigenvalue weighted by Crippen LogP contribution is -2.38. The maximum absolute atomic E-state index is 10.9. The van der Waals surface area contributed by atoms with E-state index in [0.717, 1.165) is 23.7 Å². The highest BCUT2D eigenvalue weighted by Gasteiger charge is 2.24. The minimum absolute atomic E-state index is 0.401.